The molecule has 0 saturated carbocycles. The molecular formula is C66H49N4OPtS-3. The molecule has 0 N–H and O–H groups in total. The summed E-state index contributed by atoms with van der Waals surface area (Å²) in [6.07, 6.45) is 1.93. The molecular weight excluding hydrogens is 1090 g/mol. The van der Waals surface area contributed by atoms with Gasteiger partial charge in [-0.25, -0.2) is 4.98 Å². The second-order valence-electron chi connectivity index (χ2n) is 19.7. The van der Waals surface area contributed by atoms with Crippen LogP contribution in [0.15, 0.2) is 200 Å². The Morgan fingerprint density at radius 2 is 1.16 bits per heavy atom. The molecule has 0 unspecified atom stereocenters. The first-order valence-electron chi connectivity index (χ1n) is 24.5. The number of nitrogens with zero attached hydrogens (tertiary/aromatic N) is 4. The minimum atomic E-state index is -0.0639. The third kappa shape index (κ3) is 7.83. The Hall–Kier alpha value is -7.76. The van der Waals surface area contributed by atoms with Gasteiger partial charge in [0.15, 0.2) is 0 Å². The Kier molecular flexibility index (Phi) is 11.7. The quantitative estimate of drug-likeness (QED) is 0.142. The van der Waals surface area contributed by atoms with E-state index < -0.39 is 0 Å². The Balaban J connectivity index is 0.00000543. The van der Waals surface area contributed by atoms with Crippen LogP contribution in [0.4, 0.5) is 22.7 Å². The van der Waals surface area contributed by atoms with E-state index in [0.29, 0.717) is 11.5 Å². The number of fused-ring (bicyclic) bond motifs is 8. The zero-order valence-corrected chi connectivity index (χ0v) is 44.1. The number of hydrogen-bond acceptors (Lipinski definition) is 5. The average Bonchev–Trinajstić information content (AvgIpc) is 4.08. The number of thiophene rings is 1. The maximum absolute atomic E-state index is 6.83. The number of hydrogen-bond donors (Lipinski definition) is 0. The average molecular weight is 1140 g/mol. The molecule has 13 rings (SSSR count). The van der Waals surface area contributed by atoms with E-state index >= 15 is 0 Å². The Morgan fingerprint density at radius 1 is 0.562 bits per heavy atom. The van der Waals surface area contributed by atoms with Gasteiger partial charge in [-0.05, 0) is 99.3 Å². The molecule has 0 amide bonds. The molecule has 0 radical (unpaired) electrons. The predicted octanol–water partition coefficient (Wildman–Crippen LogP) is 18.3. The number of ether oxygens (including phenoxy) is 1. The summed E-state index contributed by atoms with van der Waals surface area (Å²) in [4.78, 5) is 9.65. The van der Waals surface area contributed by atoms with Crippen molar-refractivity contribution in [2.24, 2.45) is 0 Å². The number of rotatable bonds is 8. The Bertz CT molecular complexity index is 4000. The summed E-state index contributed by atoms with van der Waals surface area (Å²) in [7, 11) is 0. The molecule has 0 aliphatic carbocycles. The van der Waals surface area contributed by atoms with E-state index in [1.807, 2.05) is 35.7 Å². The van der Waals surface area contributed by atoms with Crippen LogP contribution in [0.5, 0.6) is 11.5 Å². The van der Waals surface area contributed by atoms with Crippen LogP contribution < -0.4 is 14.5 Å². The minimum absolute atomic E-state index is 0. The van der Waals surface area contributed by atoms with E-state index in [1.54, 1.807) is 0 Å². The predicted molar refractivity (Wildman–Crippen MR) is 302 cm³/mol. The molecule has 0 atom stereocenters. The first-order valence-corrected chi connectivity index (χ1v) is 25.3. The fraction of sp³-hybridized carbons (Fsp3) is 0.0909. The van der Waals surface area contributed by atoms with Crippen LogP contribution in [0.2, 0.25) is 0 Å². The van der Waals surface area contributed by atoms with E-state index in [4.69, 9.17) is 9.72 Å². The van der Waals surface area contributed by atoms with Crippen LogP contribution in [-0.2, 0) is 26.5 Å². The summed E-state index contributed by atoms with van der Waals surface area (Å²) in [5, 5.41) is 4.77. The summed E-state index contributed by atoms with van der Waals surface area (Å²) in [5.74, 6) is 2.04. The number of para-hydroxylation sites is 2. The summed E-state index contributed by atoms with van der Waals surface area (Å²) < 4.78 is 11.6. The third-order valence-corrected chi connectivity index (χ3v) is 15.4. The smallest absolute Gasteiger partial charge is 0.135 e. The molecule has 1 aliphatic heterocycles. The largest absolute Gasteiger partial charge is 0.509 e. The van der Waals surface area contributed by atoms with Gasteiger partial charge in [0.2, 0.25) is 0 Å². The van der Waals surface area contributed by atoms with E-state index in [2.05, 4.69) is 244 Å². The zero-order valence-electron chi connectivity index (χ0n) is 41.1. The van der Waals surface area contributed by atoms with Crippen LogP contribution in [-0.4, -0.2) is 9.55 Å². The number of aromatic nitrogens is 2. The molecule has 73 heavy (non-hydrogen) atoms. The maximum atomic E-state index is 6.83. The number of benzene rings is 9. The van der Waals surface area contributed by atoms with Crippen molar-refractivity contribution in [3.8, 4) is 50.7 Å². The maximum Gasteiger partial charge on any atom is 0.135 e. The van der Waals surface area contributed by atoms with Crippen molar-refractivity contribution in [3.05, 3.63) is 236 Å². The van der Waals surface area contributed by atoms with Crippen molar-refractivity contribution in [3.63, 3.8) is 0 Å². The van der Waals surface area contributed by atoms with Crippen molar-refractivity contribution in [1.82, 2.24) is 9.55 Å². The summed E-state index contributed by atoms with van der Waals surface area (Å²) >= 11 is 1.82. The first kappa shape index (κ1) is 46.3. The molecule has 1 aliphatic rings. The molecule has 7 heteroatoms. The summed E-state index contributed by atoms with van der Waals surface area (Å²) in [6.45, 7) is 13.5. The first-order chi connectivity index (χ1) is 35.2. The third-order valence-electron chi connectivity index (χ3n) is 14.3. The molecule has 9 aromatic carbocycles. The molecule has 0 bridgehead atoms. The van der Waals surface area contributed by atoms with Crippen molar-refractivity contribution < 1.29 is 25.8 Å². The number of pyridine rings is 1. The van der Waals surface area contributed by atoms with Gasteiger partial charge in [0, 0.05) is 81.7 Å². The molecule has 0 spiro atoms. The van der Waals surface area contributed by atoms with Gasteiger partial charge in [-0.15, -0.1) is 54.0 Å². The van der Waals surface area contributed by atoms with Gasteiger partial charge in [-0.1, -0.05) is 165 Å². The van der Waals surface area contributed by atoms with Crippen LogP contribution in [0, 0.1) is 32.6 Å². The van der Waals surface area contributed by atoms with E-state index in [-0.39, 0.29) is 26.5 Å². The van der Waals surface area contributed by atoms with Crippen LogP contribution in [0.3, 0.4) is 0 Å². The molecule has 12 aromatic rings. The van der Waals surface area contributed by atoms with Crippen LogP contribution in [0.1, 0.15) is 37.5 Å². The molecule has 3 aromatic heterocycles. The van der Waals surface area contributed by atoms with Crippen molar-refractivity contribution >= 4 is 76.1 Å². The summed E-state index contributed by atoms with van der Waals surface area (Å²) in [5.41, 5.74) is 16.9. The molecule has 5 nitrogen and oxygen atoms in total. The second-order valence-corrected chi connectivity index (χ2v) is 20.7. The Labute approximate surface area is 444 Å². The molecule has 4 heterocycles. The zero-order chi connectivity index (χ0) is 48.7. The number of anilines is 4. The molecule has 0 saturated heterocycles. The van der Waals surface area contributed by atoms with Crippen LogP contribution >= 0.6 is 11.3 Å². The Morgan fingerprint density at radius 3 is 1.84 bits per heavy atom. The fourth-order valence-electron chi connectivity index (χ4n) is 10.9. The standard InChI is InChI=1S/C66H49N4OS.Pt/c1-42-59(45-21-9-6-10-22-45)43(2)61(47-25-13-8-14-26-47)63(60(42)46-23-11-7-12-24-46)69-41-68(54-30-17-18-31-55(54)69)49-27-19-28-50(39-49)71-51-33-34-53-56(40-51)70(58-38-48(36-37-67-58)66(3,4)5)64-62-52-29-16-15-20-44(52)32-35-57(62)72-65(53)64;/h6-38,41H,1-5H3;/q-3;. The van der Waals surface area contributed by atoms with Crippen molar-refractivity contribution in [2.45, 2.75) is 40.0 Å². The normalized spacial score (nSPS) is 12.5. The SMILES string of the molecule is Cc1c(-c2ccccc2)c(C)c(-c2ccccc2)c(N2[CH-]N(c3[c-]c(Oc4[c-]c5c(cc4)c4sc6ccc7ccccc7c6c4n5-c4cc(C(C)(C)C)ccn4)ccc3)c3ccccc32)c1-c1ccccc1.[Pt]. The second kappa shape index (κ2) is 18.4. The van der Waals surface area contributed by atoms with Crippen LogP contribution in [0.25, 0.3) is 81.2 Å². The van der Waals surface area contributed by atoms with Gasteiger partial charge >= 0.3 is 0 Å². The van der Waals surface area contributed by atoms with Gasteiger partial charge in [0.05, 0.1) is 5.52 Å². The van der Waals surface area contributed by atoms with Crippen molar-refractivity contribution in [2.75, 3.05) is 9.80 Å². The van der Waals surface area contributed by atoms with Gasteiger partial charge in [0.25, 0.3) is 0 Å². The van der Waals surface area contributed by atoms with E-state index in [9.17, 15) is 0 Å². The van der Waals surface area contributed by atoms with E-state index in [0.717, 1.165) is 56.1 Å². The fourth-order valence-corrected chi connectivity index (χ4v) is 12.2. The molecule has 0 fully saturated rings. The minimum Gasteiger partial charge on any atom is -0.509 e. The van der Waals surface area contributed by atoms with Crippen molar-refractivity contribution in [1.29, 1.82) is 0 Å². The van der Waals surface area contributed by atoms with Gasteiger partial charge < -0.3 is 19.1 Å². The van der Waals surface area contributed by atoms with Gasteiger partial charge in [-0.2, -0.15) is 12.1 Å². The van der Waals surface area contributed by atoms with Gasteiger partial charge in [-0.3, -0.25) is 0 Å². The van der Waals surface area contributed by atoms with Gasteiger partial charge in [0.1, 0.15) is 5.82 Å². The summed E-state index contributed by atoms with van der Waals surface area (Å²) in [6, 6.07) is 76.4. The topological polar surface area (TPSA) is 33.5 Å². The monoisotopic (exact) mass is 1140 g/mol. The molecule has 358 valence electrons. The van der Waals surface area contributed by atoms with E-state index in [1.165, 1.54) is 64.5 Å².